The van der Waals surface area contributed by atoms with Crippen molar-refractivity contribution >= 4 is 11.0 Å². The van der Waals surface area contributed by atoms with Gasteiger partial charge in [-0.2, -0.15) is 0 Å². The van der Waals surface area contributed by atoms with Crippen LogP contribution in [0.25, 0.3) is 11.0 Å². The molecular formula is C16H14O2. The van der Waals surface area contributed by atoms with Gasteiger partial charge >= 0.3 is 0 Å². The van der Waals surface area contributed by atoms with Gasteiger partial charge in [0.15, 0.2) is 0 Å². The van der Waals surface area contributed by atoms with Crippen LogP contribution in [0.5, 0.6) is 5.75 Å². The van der Waals surface area contributed by atoms with Gasteiger partial charge in [-0.1, -0.05) is 36.4 Å². The first kappa shape index (κ1) is 10.9. The van der Waals surface area contributed by atoms with Crippen molar-refractivity contribution in [2.24, 2.45) is 0 Å². The third-order valence-electron chi connectivity index (χ3n) is 3.01. The van der Waals surface area contributed by atoms with Gasteiger partial charge in [-0.15, -0.1) is 0 Å². The Morgan fingerprint density at radius 3 is 2.67 bits per heavy atom. The monoisotopic (exact) mass is 238 g/mol. The third-order valence-corrected chi connectivity index (χ3v) is 3.01. The molecule has 2 heteroatoms. The van der Waals surface area contributed by atoms with Crippen LogP contribution in [-0.2, 0) is 6.61 Å². The second kappa shape index (κ2) is 4.57. The number of fused-ring (bicyclic) bond motifs is 1. The van der Waals surface area contributed by atoms with Crippen molar-refractivity contribution in [3.8, 4) is 5.75 Å². The smallest absolute Gasteiger partial charge is 0.137 e. The van der Waals surface area contributed by atoms with E-state index < -0.39 is 0 Å². The molecular weight excluding hydrogens is 224 g/mol. The van der Waals surface area contributed by atoms with Gasteiger partial charge < -0.3 is 9.15 Å². The van der Waals surface area contributed by atoms with Crippen LogP contribution in [0.1, 0.15) is 11.1 Å². The molecule has 0 radical (unpaired) electrons. The molecule has 0 amide bonds. The zero-order chi connectivity index (χ0) is 12.4. The third kappa shape index (κ3) is 1.97. The number of rotatable bonds is 3. The second-order valence-electron chi connectivity index (χ2n) is 4.31. The Hall–Kier alpha value is -2.22. The van der Waals surface area contributed by atoms with E-state index in [0.29, 0.717) is 6.61 Å². The van der Waals surface area contributed by atoms with Crippen LogP contribution in [-0.4, -0.2) is 0 Å². The van der Waals surface area contributed by atoms with Crippen LogP contribution in [0, 0.1) is 6.92 Å². The van der Waals surface area contributed by atoms with Crippen LogP contribution < -0.4 is 4.74 Å². The summed E-state index contributed by atoms with van der Waals surface area (Å²) in [6.45, 7) is 2.58. The lowest BCUT2D eigenvalue weighted by atomic mass is 10.1. The van der Waals surface area contributed by atoms with E-state index in [-0.39, 0.29) is 0 Å². The number of aryl methyl sites for hydroxylation is 1. The van der Waals surface area contributed by atoms with Gasteiger partial charge in [0.2, 0.25) is 0 Å². The summed E-state index contributed by atoms with van der Waals surface area (Å²) >= 11 is 0. The SMILES string of the molecule is Cc1cccc2c(COc3ccccc3)coc12. The molecule has 0 aliphatic carbocycles. The highest BCUT2D eigenvalue weighted by Crippen LogP contribution is 2.25. The first-order valence-electron chi connectivity index (χ1n) is 5.98. The van der Waals surface area contributed by atoms with Crippen LogP contribution in [0.15, 0.2) is 59.2 Å². The highest BCUT2D eigenvalue weighted by molar-refractivity contribution is 5.83. The van der Waals surface area contributed by atoms with Crippen molar-refractivity contribution in [1.29, 1.82) is 0 Å². The summed E-state index contributed by atoms with van der Waals surface area (Å²) in [5, 5.41) is 1.13. The molecule has 0 bridgehead atoms. The summed E-state index contributed by atoms with van der Waals surface area (Å²) in [7, 11) is 0. The molecule has 0 aliphatic rings. The molecule has 0 N–H and O–H groups in total. The predicted octanol–water partition coefficient (Wildman–Crippen LogP) is 4.32. The number of ether oxygens (including phenoxy) is 1. The molecule has 0 saturated carbocycles. The van der Waals surface area contributed by atoms with Gasteiger partial charge in [0.1, 0.15) is 17.9 Å². The lowest BCUT2D eigenvalue weighted by Crippen LogP contribution is -1.93. The van der Waals surface area contributed by atoms with E-state index in [1.54, 1.807) is 6.26 Å². The number of furan rings is 1. The largest absolute Gasteiger partial charge is 0.489 e. The summed E-state index contributed by atoms with van der Waals surface area (Å²) in [5.74, 6) is 0.875. The number of para-hydroxylation sites is 2. The quantitative estimate of drug-likeness (QED) is 0.678. The van der Waals surface area contributed by atoms with E-state index in [4.69, 9.17) is 9.15 Å². The lowest BCUT2D eigenvalue weighted by Gasteiger charge is -2.04. The number of hydrogen-bond donors (Lipinski definition) is 0. The summed E-state index contributed by atoms with van der Waals surface area (Å²) in [4.78, 5) is 0. The average Bonchev–Trinajstić information content (AvgIpc) is 2.82. The Morgan fingerprint density at radius 2 is 1.83 bits per heavy atom. The summed E-state index contributed by atoms with van der Waals surface area (Å²) in [6, 6.07) is 16.0. The molecule has 2 nitrogen and oxygen atoms in total. The van der Waals surface area contributed by atoms with Crippen molar-refractivity contribution < 1.29 is 9.15 Å². The standard InChI is InChI=1S/C16H14O2/c1-12-6-5-9-15-13(11-18-16(12)15)10-17-14-7-3-2-4-8-14/h2-9,11H,10H2,1H3. The maximum atomic E-state index is 5.74. The summed E-state index contributed by atoms with van der Waals surface area (Å²) < 4.78 is 11.3. The zero-order valence-corrected chi connectivity index (χ0v) is 10.2. The molecule has 18 heavy (non-hydrogen) atoms. The van der Waals surface area contributed by atoms with Gasteiger partial charge in [0.05, 0.1) is 6.26 Å². The molecule has 3 rings (SSSR count). The highest BCUT2D eigenvalue weighted by Gasteiger charge is 2.07. The Morgan fingerprint density at radius 1 is 1.00 bits per heavy atom. The van der Waals surface area contributed by atoms with Crippen molar-refractivity contribution in [3.63, 3.8) is 0 Å². The maximum absolute atomic E-state index is 5.74. The van der Waals surface area contributed by atoms with E-state index in [1.165, 1.54) is 0 Å². The second-order valence-corrected chi connectivity index (χ2v) is 4.31. The number of benzene rings is 2. The fourth-order valence-corrected chi connectivity index (χ4v) is 2.04. The minimum atomic E-state index is 0.528. The predicted molar refractivity (Wildman–Crippen MR) is 71.7 cm³/mol. The van der Waals surface area contributed by atoms with Crippen molar-refractivity contribution in [2.45, 2.75) is 13.5 Å². The van der Waals surface area contributed by atoms with Gasteiger partial charge in [-0.3, -0.25) is 0 Å². The molecule has 0 atom stereocenters. The highest BCUT2D eigenvalue weighted by atomic mass is 16.5. The fraction of sp³-hybridized carbons (Fsp3) is 0.125. The van der Waals surface area contributed by atoms with E-state index in [1.807, 2.05) is 49.4 Å². The molecule has 1 heterocycles. The summed E-state index contributed by atoms with van der Waals surface area (Å²) in [5.41, 5.74) is 3.18. The van der Waals surface area contributed by atoms with Crippen LogP contribution >= 0.6 is 0 Å². The Balaban J connectivity index is 1.85. The number of hydrogen-bond acceptors (Lipinski definition) is 2. The first-order chi connectivity index (χ1) is 8.84. The normalized spacial score (nSPS) is 10.7. The van der Waals surface area contributed by atoms with Gasteiger partial charge in [0.25, 0.3) is 0 Å². The summed E-state index contributed by atoms with van der Waals surface area (Å²) in [6.07, 6.45) is 1.78. The Labute approximate surface area is 106 Å². The molecule has 1 aromatic heterocycles. The van der Waals surface area contributed by atoms with Crippen LogP contribution in [0.4, 0.5) is 0 Å². The van der Waals surface area contributed by atoms with Crippen molar-refractivity contribution in [2.75, 3.05) is 0 Å². The molecule has 0 spiro atoms. The van der Waals surface area contributed by atoms with E-state index in [2.05, 4.69) is 6.07 Å². The van der Waals surface area contributed by atoms with Gasteiger partial charge in [-0.25, -0.2) is 0 Å². The molecule has 0 unspecified atom stereocenters. The van der Waals surface area contributed by atoms with Gasteiger partial charge in [0, 0.05) is 10.9 Å². The van der Waals surface area contributed by atoms with Crippen molar-refractivity contribution in [3.05, 3.63) is 65.9 Å². The van der Waals surface area contributed by atoms with Gasteiger partial charge in [-0.05, 0) is 24.6 Å². The lowest BCUT2D eigenvalue weighted by molar-refractivity contribution is 0.306. The van der Waals surface area contributed by atoms with E-state index >= 15 is 0 Å². The van der Waals surface area contributed by atoms with Crippen molar-refractivity contribution in [1.82, 2.24) is 0 Å². The minimum Gasteiger partial charge on any atom is -0.489 e. The molecule has 3 aromatic rings. The molecule has 0 aliphatic heterocycles. The minimum absolute atomic E-state index is 0.528. The first-order valence-corrected chi connectivity index (χ1v) is 5.98. The van der Waals surface area contributed by atoms with E-state index in [0.717, 1.165) is 27.8 Å². The zero-order valence-electron chi connectivity index (χ0n) is 10.2. The molecule has 90 valence electrons. The van der Waals surface area contributed by atoms with Crippen LogP contribution in [0.3, 0.4) is 0 Å². The van der Waals surface area contributed by atoms with E-state index in [9.17, 15) is 0 Å². The topological polar surface area (TPSA) is 22.4 Å². The average molecular weight is 238 g/mol. The molecule has 0 saturated heterocycles. The van der Waals surface area contributed by atoms with Crippen LogP contribution in [0.2, 0.25) is 0 Å². The Bertz CT molecular complexity index is 653. The molecule has 0 fully saturated rings. The maximum Gasteiger partial charge on any atom is 0.137 e. The molecule has 2 aromatic carbocycles. The fourth-order valence-electron chi connectivity index (χ4n) is 2.04. The Kier molecular flexibility index (Phi) is 2.77.